The topological polar surface area (TPSA) is 55.1 Å². The molecule has 0 spiro atoms. The molecule has 0 fully saturated rings. The van der Waals surface area contributed by atoms with Crippen LogP contribution in [0.5, 0.6) is 0 Å². The SMILES string of the molecule is CC(N)CCCC(=O)NCCc1ccc(F)cc1. The van der Waals surface area contributed by atoms with Crippen molar-refractivity contribution in [3.63, 3.8) is 0 Å². The van der Waals surface area contributed by atoms with Gasteiger partial charge in [-0.05, 0) is 43.9 Å². The van der Waals surface area contributed by atoms with Crippen LogP contribution in [0.3, 0.4) is 0 Å². The van der Waals surface area contributed by atoms with Crippen molar-refractivity contribution in [3.8, 4) is 0 Å². The van der Waals surface area contributed by atoms with Crippen LogP contribution >= 0.6 is 0 Å². The number of amides is 1. The molecule has 1 aromatic rings. The van der Waals surface area contributed by atoms with Crippen molar-refractivity contribution in [2.24, 2.45) is 5.73 Å². The van der Waals surface area contributed by atoms with Crippen molar-refractivity contribution in [2.75, 3.05) is 6.54 Å². The summed E-state index contributed by atoms with van der Waals surface area (Å²) in [5, 5.41) is 2.85. The van der Waals surface area contributed by atoms with Crippen molar-refractivity contribution in [1.29, 1.82) is 0 Å². The van der Waals surface area contributed by atoms with Crippen molar-refractivity contribution in [3.05, 3.63) is 35.6 Å². The summed E-state index contributed by atoms with van der Waals surface area (Å²) in [5.41, 5.74) is 6.63. The molecule has 0 radical (unpaired) electrons. The highest BCUT2D eigenvalue weighted by molar-refractivity contribution is 5.75. The van der Waals surface area contributed by atoms with Crippen molar-refractivity contribution in [1.82, 2.24) is 5.32 Å². The van der Waals surface area contributed by atoms with E-state index in [1.807, 2.05) is 6.92 Å². The van der Waals surface area contributed by atoms with Crippen LogP contribution in [0, 0.1) is 5.82 Å². The molecular formula is C14H21FN2O. The van der Waals surface area contributed by atoms with Crippen LogP contribution < -0.4 is 11.1 Å². The zero-order valence-electron chi connectivity index (χ0n) is 10.8. The molecule has 1 amide bonds. The molecule has 3 N–H and O–H groups in total. The molecule has 0 aliphatic heterocycles. The average molecular weight is 252 g/mol. The number of rotatable bonds is 7. The van der Waals surface area contributed by atoms with E-state index in [-0.39, 0.29) is 17.8 Å². The maximum Gasteiger partial charge on any atom is 0.220 e. The van der Waals surface area contributed by atoms with E-state index in [0.717, 1.165) is 24.8 Å². The summed E-state index contributed by atoms with van der Waals surface area (Å²) in [6.45, 7) is 2.52. The second-order valence-electron chi connectivity index (χ2n) is 4.60. The number of hydrogen-bond donors (Lipinski definition) is 2. The summed E-state index contributed by atoms with van der Waals surface area (Å²) in [6, 6.07) is 6.48. The highest BCUT2D eigenvalue weighted by Gasteiger charge is 2.02. The number of hydrogen-bond acceptors (Lipinski definition) is 2. The third kappa shape index (κ3) is 6.35. The molecule has 0 saturated heterocycles. The molecule has 1 rings (SSSR count). The molecular weight excluding hydrogens is 231 g/mol. The summed E-state index contributed by atoms with van der Waals surface area (Å²) in [7, 11) is 0. The van der Waals surface area contributed by atoms with E-state index in [4.69, 9.17) is 5.73 Å². The normalized spacial score (nSPS) is 12.2. The molecule has 1 atom stereocenters. The Hall–Kier alpha value is -1.42. The van der Waals surface area contributed by atoms with Crippen LogP contribution in [-0.4, -0.2) is 18.5 Å². The number of benzene rings is 1. The van der Waals surface area contributed by atoms with E-state index in [9.17, 15) is 9.18 Å². The lowest BCUT2D eigenvalue weighted by Gasteiger charge is -2.06. The van der Waals surface area contributed by atoms with Crippen LogP contribution in [0.25, 0.3) is 0 Å². The Morgan fingerprint density at radius 1 is 1.39 bits per heavy atom. The fourth-order valence-corrected chi connectivity index (χ4v) is 1.67. The summed E-state index contributed by atoms with van der Waals surface area (Å²) >= 11 is 0. The number of nitrogens with two attached hydrogens (primary N) is 1. The largest absolute Gasteiger partial charge is 0.356 e. The molecule has 0 heterocycles. The van der Waals surface area contributed by atoms with Crippen LogP contribution in [0.2, 0.25) is 0 Å². The first-order valence-corrected chi connectivity index (χ1v) is 6.34. The third-order valence-corrected chi connectivity index (χ3v) is 2.71. The van der Waals surface area contributed by atoms with Gasteiger partial charge in [0.25, 0.3) is 0 Å². The molecule has 3 nitrogen and oxygen atoms in total. The minimum absolute atomic E-state index is 0.0535. The molecule has 0 saturated carbocycles. The third-order valence-electron chi connectivity index (χ3n) is 2.71. The quantitative estimate of drug-likeness (QED) is 0.780. The van der Waals surface area contributed by atoms with Gasteiger partial charge in [-0.1, -0.05) is 12.1 Å². The zero-order valence-corrected chi connectivity index (χ0v) is 10.8. The van der Waals surface area contributed by atoms with Crippen LogP contribution in [0.4, 0.5) is 4.39 Å². The minimum atomic E-state index is -0.237. The molecule has 1 unspecified atom stereocenters. The predicted octanol–water partition coefficient (Wildman–Crippen LogP) is 2.00. The van der Waals surface area contributed by atoms with Gasteiger partial charge in [-0.15, -0.1) is 0 Å². The molecule has 100 valence electrons. The molecule has 0 bridgehead atoms. The Labute approximate surface area is 108 Å². The van der Waals surface area contributed by atoms with Crippen LogP contribution in [0.1, 0.15) is 31.7 Å². The fourth-order valence-electron chi connectivity index (χ4n) is 1.67. The zero-order chi connectivity index (χ0) is 13.4. The molecule has 1 aromatic carbocycles. The highest BCUT2D eigenvalue weighted by atomic mass is 19.1. The van der Waals surface area contributed by atoms with E-state index in [2.05, 4.69) is 5.32 Å². The Morgan fingerprint density at radius 2 is 2.06 bits per heavy atom. The Bertz CT molecular complexity index is 363. The van der Waals surface area contributed by atoms with Crippen LogP contribution in [-0.2, 0) is 11.2 Å². The maximum atomic E-state index is 12.7. The number of carbonyl (C=O) groups excluding carboxylic acids is 1. The van der Waals surface area contributed by atoms with Gasteiger partial charge in [0.05, 0.1) is 0 Å². The first-order valence-electron chi connectivity index (χ1n) is 6.34. The lowest BCUT2D eigenvalue weighted by molar-refractivity contribution is -0.121. The smallest absolute Gasteiger partial charge is 0.220 e. The molecule has 18 heavy (non-hydrogen) atoms. The first-order chi connectivity index (χ1) is 8.58. The highest BCUT2D eigenvalue weighted by Crippen LogP contribution is 2.03. The van der Waals surface area contributed by atoms with Gasteiger partial charge in [0, 0.05) is 19.0 Å². The van der Waals surface area contributed by atoms with Gasteiger partial charge in [0.2, 0.25) is 5.91 Å². The number of carbonyl (C=O) groups is 1. The van der Waals surface area contributed by atoms with Crippen molar-refractivity contribution < 1.29 is 9.18 Å². The molecule has 4 heteroatoms. The minimum Gasteiger partial charge on any atom is -0.356 e. The molecule has 0 aromatic heterocycles. The van der Waals surface area contributed by atoms with Gasteiger partial charge in [-0.3, -0.25) is 4.79 Å². The van der Waals surface area contributed by atoms with E-state index < -0.39 is 0 Å². The van der Waals surface area contributed by atoms with E-state index >= 15 is 0 Å². The second-order valence-corrected chi connectivity index (χ2v) is 4.60. The monoisotopic (exact) mass is 252 g/mol. The summed E-state index contributed by atoms with van der Waals surface area (Å²) in [6.07, 6.45) is 2.93. The molecule has 0 aliphatic rings. The van der Waals surface area contributed by atoms with Gasteiger partial charge >= 0.3 is 0 Å². The van der Waals surface area contributed by atoms with Gasteiger partial charge in [-0.25, -0.2) is 4.39 Å². The maximum absolute atomic E-state index is 12.7. The molecule has 0 aliphatic carbocycles. The van der Waals surface area contributed by atoms with Gasteiger partial charge < -0.3 is 11.1 Å². The standard InChI is InChI=1S/C14H21FN2O/c1-11(16)3-2-4-14(18)17-10-9-12-5-7-13(15)8-6-12/h5-8,11H,2-4,9-10,16H2,1H3,(H,17,18). The lowest BCUT2D eigenvalue weighted by atomic mass is 10.1. The fraction of sp³-hybridized carbons (Fsp3) is 0.500. The van der Waals surface area contributed by atoms with Crippen LogP contribution in [0.15, 0.2) is 24.3 Å². The summed E-state index contributed by atoms with van der Waals surface area (Å²) < 4.78 is 12.7. The number of nitrogens with one attached hydrogen (secondary N) is 1. The Morgan fingerprint density at radius 3 is 2.67 bits per heavy atom. The van der Waals surface area contributed by atoms with Crippen molar-refractivity contribution in [2.45, 2.75) is 38.6 Å². The predicted molar refractivity (Wildman–Crippen MR) is 70.6 cm³/mol. The van der Waals surface area contributed by atoms with E-state index in [1.165, 1.54) is 12.1 Å². The first kappa shape index (κ1) is 14.6. The van der Waals surface area contributed by atoms with Gasteiger partial charge in [-0.2, -0.15) is 0 Å². The van der Waals surface area contributed by atoms with E-state index in [0.29, 0.717) is 13.0 Å². The van der Waals surface area contributed by atoms with Crippen molar-refractivity contribution >= 4 is 5.91 Å². The van der Waals surface area contributed by atoms with Gasteiger partial charge in [0.1, 0.15) is 5.82 Å². The van der Waals surface area contributed by atoms with E-state index in [1.54, 1.807) is 12.1 Å². The van der Waals surface area contributed by atoms with Gasteiger partial charge in [0.15, 0.2) is 0 Å². The summed E-state index contributed by atoms with van der Waals surface area (Å²) in [4.78, 5) is 11.5. The Balaban J connectivity index is 2.13. The summed E-state index contributed by atoms with van der Waals surface area (Å²) in [5.74, 6) is -0.184. The number of halogens is 1. The Kier molecular flexibility index (Phi) is 6.36. The average Bonchev–Trinajstić information content (AvgIpc) is 2.31. The second kappa shape index (κ2) is 7.82. The lowest BCUT2D eigenvalue weighted by Crippen LogP contribution is -2.26.